The van der Waals surface area contributed by atoms with Crippen molar-refractivity contribution in [3.63, 3.8) is 0 Å². The highest BCUT2D eigenvalue weighted by Crippen LogP contribution is 2.27. The van der Waals surface area contributed by atoms with Crippen LogP contribution in [-0.2, 0) is 9.84 Å². The highest BCUT2D eigenvalue weighted by Gasteiger charge is 2.31. The second-order valence-corrected chi connectivity index (χ2v) is 7.80. The van der Waals surface area contributed by atoms with Crippen LogP contribution < -0.4 is 10.2 Å². The van der Waals surface area contributed by atoms with Crippen molar-refractivity contribution in [2.45, 2.75) is 25.4 Å². The Bertz CT molecular complexity index is 512. The lowest BCUT2D eigenvalue weighted by molar-refractivity contribution is 0.600. The van der Waals surface area contributed by atoms with E-state index in [9.17, 15) is 8.42 Å². The molecule has 0 spiro atoms. The number of nitrogens with one attached hydrogen (secondary N) is 1. The van der Waals surface area contributed by atoms with E-state index in [1.165, 1.54) is 0 Å². The fourth-order valence-corrected chi connectivity index (χ4v) is 4.75. The first-order chi connectivity index (χ1) is 8.43. The van der Waals surface area contributed by atoms with Crippen LogP contribution >= 0.6 is 11.3 Å². The molecule has 0 bridgehead atoms. The zero-order chi connectivity index (χ0) is 13.3. The minimum atomic E-state index is -2.84. The van der Waals surface area contributed by atoms with Crippen molar-refractivity contribution in [2.24, 2.45) is 0 Å². The Kier molecular flexibility index (Phi) is 3.93. The van der Waals surface area contributed by atoms with E-state index < -0.39 is 9.84 Å². The quantitative estimate of drug-likeness (QED) is 0.897. The molecule has 102 valence electrons. The molecule has 1 saturated heterocycles. The van der Waals surface area contributed by atoms with Crippen LogP contribution in [0, 0.1) is 0 Å². The molecule has 0 radical (unpaired) electrons. The van der Waals surface area contributed by atoms with Crippen LogP contribution in [0.15, 0.2) is 5.38 Å². The predicted octanol–water partition coefficient (Wildman–Crippen LogP) is 1.05. The molecule has 2 atom stereocenters. The van der Waals surface area contributed by atoms with E-state index >= 15 is 0 Å². The summed E-state index contributed by atoms with van der Waals surface area (Å²) in [5, 5.41) is 6.07. The van der Waals surface area contributed by atoms with Gasteiger partial charge in [0.25, 0.3) is 0 Å². The van der Waals surface area contributed by atoms with Crippen molar-refractivity contribution in [2.75, 3.05) is 30.5 Å². The molecule has 1 aromatic heterocycles. The summed E-state index contributed by atoms with van der Waals surface area (Å²) >= 11 is 1.57. The third kappa shape index (κ3) is 2.84. The summed E-state index contributed by atoms with van der Waals surface area (Å²) in [5.41, 5.74) is 1.00. The van der Waals surface area contributed by atoms with Gasteiger partial charge in [-0.3, -0.25) is 0 Å². The second-order valence-electron chi connectivity index (χ2n) is 4.73. The van der Waals surface area contributed by atoms with Gasteiger partial charge in [-0.05, 0) is 20.4 Å². The summed E-state index contributed by atoms with van der Waals surface area (Å²) in [6, 6.07) is 0.287. The lowest BCUT2D eigenvalue weighted by Gasteiger charge is -2.22. The van der Waals surface area contributed by atoms with Crippen LogP contribution in [0.4, 0.5) is 5.13 Å². The maximum absolute atomic E-state index is 11.5. The summed E-state index contributed by atoms with van der Waals surface area (Å²) in [6.07, 6.45) is 0.704. The Labute approximate surface area is 112 Å². The van der Waals surface area contributed by atoms with E-state index in [4.69, 9.17) is 0 Å². The first-order valence-electron chi connectivity index (χ1n) is 5.99. The van der Waals surface area contributed by atoms with Gasteiger partial charge >= 0.3 is 0 Å². The molecular formula is C11H19N3O2S2. The highest BCUT2D eigenvalue weighted by atomic mass is 32.2. The van der Waals surface area contributed by atoms with Gasteiger partial charge in [-0.2, -0.15) is 0 Å². The molecule has 0 saturated carbocycles. The average Bonchev–Trinajstić information content (AvgIpc) is 2.93. The number of rotatable bonds is 4. The largest absolute Gasteiger partial charge is 0.347 e. The van der Waals surface area contributed by atoms with Crippen molar-refractivity contribution < 1.29 is 8.42 Å². The molecule has 1 aliphatic heterocycles. The Morgan fingerprint density at radius 3 is 2.89 bits per heavy atom. The van der Waals surface area contributed by atoms with Gasteiger partial charge < -0.3 is 10.2 Å². The Balaban J connectivity index is 2.10. The average molecular weight is 289 g/mol. The van der Waals surface area contributed by atoms with Crippen LogP contribution in [0.3, 0.4) is 0 Å². The van der Waals surface area contributed by atoms with Gasteiger partial charge in [0.15, 0.2) is 15.0 Å². The van der Waals surface area contributed by atoms with Crippen molar-refractivity contribution in [1.29, 1.82) is 0 Å². The molecule has 2 unspecified atom stereocenters. The maximum atomic E-state index is 11.5. The van der Waals surface area contributed by atoms with Crippen LogP contribution in [0.2, 0.25) is 0 Å². The standard InChI is InChI=1S/C11H19N3O2S2/c1-8(12-2)10-6-17-11(13-10)14(3)9-4-5-18(15,16)7-9/h6,8-9,12H,4-5,7H2,1-3H3. The minimum absolute atomic E-state index is 0.0684. The fraction of sp³-hybridized carbons (Fsp3) is 0.727. The number of sulfone groups is 1. The molecule has 7 heteroatoms. The SMILES string of the molecule is CNC(C)c1csc(N(C)C2CCS(=O)(=O)C2)n1. The number of hydrogen-bond acceptors (Lipinski definition) is 6. The molecule has 1 N–H and O–H groups in total. The number of thiazole rings is 1. The van der Waals surface area contributed by atoms with E-state index in [2.05, 4.69) is 17.2 Å². The van der Waals surface area contributed by atoms with E-state index in [1.807, 2.05) is 24.4 Å². The van der Waals surface area contributed by atoms with Crippen LogP contribution in [-0.4, -0.2) is 45.0 Å². The van der Waals surface area contributed by atoms with Gasteiger partial charge in [0.05, 0.1) is 17.2 Å². The third-order valence-electron chi connectivity index (χ3n) is 3.44. The van der Waals surface area contributed by atoms with Crippen molar-refractivity contribution in [3.8, 4) is 0 Å². The molecule has 1 fully saturated rings. The van der Waals surface area contributed by atoms with Gasteiger partial charge in [0.1, 0.15) is 0 Å². The monoisotopic (exact) mass is 289 g/mol. The number of nitrogens with zero attached hydrogens (tertiary/aromatic N) is 2. The smallest absolute Gasteiger partial charge is 0.185 e. The first-order valence-corrected chi connectivity index (χ1v) is 8.69. The van der Waals surface area contributed by atoms with E-state index in [1.54, 1.807) is 11.3 Å². The van der Waals surface area contributed by atoms with Crippen molar-refractivity contribution in [1.82, 2.24) is 10.3 Å². The summed E-state index contributed by atoms with van der Waals surface area (Å²) in [5.74, 6) is 0.549. The highest BCUT2D eigenvalue weighted by molar-refractivity contribution is 7.91. The Morgan fingerprint density at radius 1 is 1.61 bits per heavy atom. The number of anilines is 1. The van der Waals surface area contributed by atoms with Gasteiger partial charge in [-0.1, -0.05) is 0 Å². The molecule has 5 nitrogen and oxygen atoms in total. The van der Waals surface area contributed by atoms with Gasteiger partial charge in [0.2, 0.25) is 0 Å². The van der Waals surface area contributed by atoms with Gasteiger partial charge in [-0.15, -0.1) is 11.3 Å². The Hall–Kier alpha value is -0.660. The molecule has 0 aromatic carbocycles. The normalized spacial score (nSPS) is 24.1. The lowest BCUT2D eigenvalue weighted by Crippen LogP contribution is -2.32. The molecule has 1 aliphatic rings. The van der Waals surface area contributed by atoms with E-state index in [0.29, 0.717) is 12.2 Å². The van der Waals surface area contributed by atoms with Crippen molar-refractivity contribution >= 4 is 26.3 Å². The molecular weight excluding hydrogens is 270 g/mol. The fourth-order valence-electron chi connectivity index (χ4n) is 2.02. The number of aromatic nitrogens is 1. The number of hydrogen-bond donors (Lipinski definition) is 1. The van der Waals surface area contributed by atoms with Gasteiger partial charge in [0, 0.05) is 24.5 Å². The third-order valence-corrected chi connectivity index (χ3v) is 6.14. The molecule has 0 aliphatic carbocycles. The van der Waals surface area contributed by atoms with Crippen LogP contribution in [0.25, 0.3) is 0 Å². The van der Waals surface area contributed by atoms with Crippen molar-refractivity contribution in [3.05, 3.63) is 11.1 Å². The summed E-state index contributed by atoms with van der Waals surface area (Å²) in [6.45, 7) is 2.05. The van der Waals surface area contributed by atoms with Gasteiger partial charge in [-0.25, -0.2) is 13.4 Å². The molecule has 1 aromatic rings. The minimum Gasteiger partial charge on any atom is -0.347 e. The summed E-state index contributed by atoms with van der Waals surface area (Å²) < 4.78 is 23.0. The van der Waals surface area contributed by atoms with E-state index in [0.717, 1.165) is 10.8 Å². The van der Waals surface area contributed by atoms with E-state index in [-0.39, 0.29) is 17.8 Å². The van der Waals surface area contributed by atoms with Crippen LogP contribution in [0.1, 0.15) is 25.1 Å². The summed E-state index contributed by atoms with van der Waals surface area (Å²) in [7, 11) is 0.989. The Morgan fingerprint density at radius 2 is 2.33 bits per heavy atom. The second kappa shape index (κ2) is 5.14. The maximum Gasteiger partial charge on any atom is 0.185 e. The molecule has 18 heavy (non-hydrogen) atoms. The lowest BCUT2D eigenvalue weighted by atomic mass is 10.2. The zero-order valence-electron chi connectivity index (χ0n) is 10.9. The molecule has 0 amide bonds. The summed E-state index contributed by atoms with van der Waals surface area (Å²) in [4.78, 5) is 6.56. The zero-order valence-corrected chi connectivity index (χ0v) is 12.5. The molecule has 2 heterocycles. The van der Waals surface area contributed by atoms with Crippen LogP contribution in [0.5, 0.6) is 0 Å². The topological polar surface area (TPSA) is 62.3 Å². The first kappa shape index (κ1) is 13.8. The predicted molar refractivity (Wildman–Crippen MR) is 75.1 cm³/mol. The molecule has 2 rings (SSSR count).